The average molecular weight is 545 g/mol. The normalized spacial score (nSPS) is 22.6. The molecule has 40 heavy (non-hydrogen) atoms. The smallest absolute Gasteiger partial charge is 0.168 e. The summed E-state index contributed by atoms with van der Waals surface area (Å²) in [7, 11) is 0. The number of hydrogen-bond donors (Lipinski definition) is 1. The number of likely N-dealkylation sites (tertiary alicyclic amines) is 1. The van der Waals surface area contributed by atoms with Crippen molar-refractivity contribution in [1.82, 2.24) is 24.8 Å². The zero-order valence-corrected chi connectivity index (χ0v) is 22.3. The molecule has 4 aromatic rings. The highest BCUT2D eigenvalue weighted by Crippen LogP contribution is 2.52. The minimum Gasteiger partial charge on any atom is -0.453 e. The molecule has 6 rings (SSSR count). The van der Waals surface area contributed by atoms with Crippen molar-refractivity contribution in [3.05, 3.63) is 96.1 Å². The summed E-state index contributed by atoms with van der Waals surface area (Å²) in [6.07, 6.45) is 6.91. The Kier molecular flexibility index (Phi) is 6.99. The van der Waals surface area contributed by atoms with Crippen LogP contribution in [0.25, 0.3) is 11.1 Å². The Balaban J connectivity index is 1.38. The maximum absolute atomic E-state index is 14.5. The first-order chi connectivity index (χ1) is 19.3. The van der Waals surface area contributed by atoms with Crippen LogP contribution in [-0.4, -0.2) is 49.6 Å². The molecule has 3 atom stereocenters. The van der Waals surface area contributed by atoms with Crippen LogP contribution < -0.4 is 10.5 Å². The number of nitrogens with two attached hydrogens (primary N) is 1. The summed E-state index contributed by atoms with van der Waals surface area (Å²) in [6, 6.07) is 10.5. The van der Waals surface area contributed by atoms with Crippen LogP contribution in [0.15, 0.2) is 67.5 Å². The molecular formula is C30H30F2N6O2. The van der Waals surface area contributed by atoms with Crippen LogP contribution in [0.2, 0.25) is 0 Å². The molecule has 2 aromatic carbocycles. The molecule has 0 saturated carbocycles. The van der Waals surface area contributed by atoms with Crippen molar-refractivity contribution in [2.24, 2.45) is 5.73 Å². The van der Waals surface area contributed by atoms with Crippen molar-refractivity contribution < 1.29 is 18.3 Å². The van der Waals surface area contributed by atoms with Gasteiger partial charge in [-0.15, -0.1) is 0 Å². The first-order valence-corrected chi connectivity index (χ1v) is 13.3. The standard InChI is InChI=1S/C30H30F2N6O2/c1-18(2)27-24(11-34-16-36-27)23-9-21(32)7-8-25(23)40-26-12-35-17-37-28(26)29-30(10-22(33)14-39-30)15-38(29)13-19-3-5-20(31)6-4-19/h3-9,11-12,16-18,22,29H,10,13-15,33H2,1-2H3. The quantitative estimate of drug-likeness (QED) is 0.340. The van der Waals surface area contributed by atoms with E-state index in [1.807, 2.05) is 13.8 Å². The highest BCUT2D eigenvalue weighted by atomic mass is 19.1. The van der Waals surface area contributed by atoms with Gasteiger partial charge in [0.05, 0.1) is 24.5 Å². The van der Waals surface area contributed by atoms with Crippen molar-refractivity contribution in [1.29, 1.82) is 0 Å². The van der Waals surface area contributed by atoms with Crippen molar-refractivity contribution in [2.45, 2.75) is 50.4 Å². The van der Waals surface area contributed by atoms with Gasteiger partial charge in [0, 0.05) is 36.5 Å². The molecule has 2 aromatic heterocycles. The van der Waals surface area contributed by atoms with Crippen molar-refractivity contribution in [3.63, 3.8) is 0 Å². The van der Waals surface area contributed by atoms with Crippen LogP contribution in [0, 0.1) is 11.6 Å². The summed E-state index contributed by atoms with van der Waals surface area (Å²) >= 11 is 0. The molecule has 8 nitrogen and oxygen atoms in total. The molecule has 0 amide bonds. The molecule has 1 spiro atoms. The lowest BCUT2D eigenvalue weighted by Gasteiger charge is -2.54. The van der Waals surface area contributed by atoms with Gasteiger partial charge in [0.2, 0.25) is 0 Å². The Morgan fingerprint density at radius 3 is 2.50 bits per heavy atom. The molecule has 3 unspecified atom stereocenters. The predicted molar refractivity (Wildman–Crippen MR) is 144 cm³/mol. The van der Waals surface area contributed by atoms with Crippen LogP contribution in [0.4, 0.5) is 8.78 Å². The largest absolute Gasteiger partial charge is 0.453 e. The molecule has 0 bridgehead atoms. The summed E-state index contributed by atoms with van der Waals surface area (Å²) in [5, 5.41) is 0. The first-order valence-electron chi connectivity index (χ1n) is 13.3. The second-order valence-corrected chi connectivity index (χ2v) is 10.8. The summed E-state index contributed by atoms with van der Waals surface area (Å²) in [6.45, 7) is 5.71. The summed E-state index contributed by atoms with van der Waals surface area (Å²) in [5.41, 5.74) is 9.35. The van der Waals surface area contributed by atoms with E-state index in [1.54, 1.807) is 30.6 Å². The molecular weight excluding hydrogens is 514 g/mol. The van der Waals surface area contributed by atoms with Crippen molar-refractivity contribution >= 4 is 0 Å². The molecule has 2 N–H and O–H groups in total. The summed E-state index contributed by atoms with van der Waals surface area (Å²) < 4.78 is 40.8. The van der Waals surface area contributed by atoms with Gasteiger partial charge in [-0.3, -0.25) is 4.90 Å². The van der Waals surface area contributed by atoms with E-state index in [0.29, 0.717) is 54.4 Å². The highest BCUT2D eigenvalue weighted by Gasteiger charge is 2.59. The fourth-order valence-electron chi connectivity index (χ4n) is 5.81. The van der Waals surface area contributed by atoms with Gasteiger partial charge in [0.15, 0.2) is 5.75 Å². The predicted octanol–water partition coefficient (Wildman–Crippen LogP) is 5.17. The van der Waals surface area contributed by atoms with E-state index in [0.717, 1.165) is 11.3 Å². The van der Waals surface area contributed by atoms with Crippen LogP contribution in [0.5, 0.6) is 11.5 Å². The fourth-order valence-corrected chi connectivity index (χ4v) is 5.81. The van der Waals surface area contributed by atoms with Gasteiger partial charge in [0.1, 0.15) is 41.3 Å². The highest BCUT2D eigenvalue weighted by molar-refractivity contribution is 5.72. The van der Waals surface area contributed by atoms with E-state index < -0.39 is 11.4 Å². The van der Waals surface area contributed by atoms with Gasteiger partial charge >= 0.3 is 0 Å². The number of nitrogens with zero attached hydrogens (tertiary/aromatic N) is 5. The van der Waals surface area contributed by atoms with Crippen LogP contribution in [0.1, 0.15) is 49.2 Å². The molecule has 2 aliphatic heterocycles. The molecule has 2 saturated heterocycles. The Morgan fingerprint density at radius 1 is 1.00 bits per heavy atom. The lowest BCUT2D eigenvalue weighted by molar-refractivity contribution is -0.170. The minimum atomic E-state index is -0.532. The van der Waals surface area contributed by atoms with Gasteiger partial charge in [-0.2, -0.15) is 0 Å². The molecule has 4 heterocycles. The molecule has 2 fully saturated rings. The van der Waals surface area contributed by atoms with E-state index in [2.05, 4.69) is 24.8 Å². The maximum atomic E-state index is 14.5. The van der Waals surface area contributed by atoms with Gasteiger partial charge in [0.25, 0.3) is 0 Å². The number of hydrogen-bond acceptors (Lipinski definition) is 8. The zero-order chi connectivity index (χ0) is 27.9. The molecule has 0 aliphatic carbocycles. The van der Waals surface area contributed by atoms with E-state index in [1.165, 1.54) is 36.9 Å². The van der Waals surface area contributed by atoms with Crippen LogP contribution in [0.3, 0.4) is 0 Å². The fraction of sp³-hybridized carbons (Fsp3) is 0.333. The monoisotopic (exact) mass is 544 g/mol. The van der Waals surface area contributed by atoms with E-state index in [9.17, 15) is 8.78 Å². The second-order valence-electron chi connectivity index (χ2n) is 10.8. The number of halogens is 2. The third-order valence-corrected chi connectivity index (χ3v) is 7.53. The number of benzene rings is 2. The number of rotatable bonds is 7. The van der Waals surface area contributed by atoms with Crippen molar-refractivity contribution in [3.8, 4) is 22.6 Å². The number of ether oxygens (including phenoxy) is 2. The SMILES string of the molecule is CC(C)c1ncncc1-c1cc(F)ccc1Oc1cncnc1C1N(Cc2ccc(F)cc2)CC12CC(N)CO2. The third kappa shape index (κ3) is 4.94. The molecule has 10 heteroatoms. The zero-order valence-electron chi connectivity index (χ0n) is 22.3. The average Bonchev–Trinajstić information content (AvgIpc) is 3.34. The van der Waals surface area contributed by atoms with Gasteiger partial charge in [-0.25, -0.2) is 28.7 Å². The Bertz CT molecular complexity index is 1520. The van der Waals surface area contributed by atoms with Gasteiger partial charge in [-0.05, 0) is 48.2 Å². The molecule has 0 radical (unpaired) electrons. The van der Waals surface area contributed by atoms with E-state index in [4.69, 9.17) is 15.2 Å². The maximum Gasteiger partial charge on any atom is 0.168 e. The van der Waals surface area contributed by atoms with Crippen LogP contribution in [-0.2, 0) is 11.3 Å². The third-order valence-electron chi connectivity index (χ3n) is 7.53. The van der Waals surface area contributed by atoms with Gasteiger partial charge < -0.3 is 15.2 Å². The van der Waals surface area contributed by atoms with Gasteiger partial charge in [-0.1, -0.05) is 26.0 Å². The van der Waals surface area contributed by atoms with E-state index in [-0.39, 0.29) is 23.8 Å². The van der Waals surface area contributed by atoms with Crippen molar-refractivity contribution in [2.75, 3.05) is 13.2 Å². The lowest BCUT2D eigenvalue weighted by Crippen LogP contribution is -2.63. The summed E-state index contributed by atoms with van der Waals surface area (Å²) in [4.78, 5) is 19.7. The minimum absolute atomic E-state index is 0.0853. The molecule has 2 aliphatic rings. The summed E-state index contributed by atoms with van der Waals surface area (Å²) in [5.74, 6) is 0.259. The Hall–Kier alpha value is -3.86. The first kappa shape index (κ1) is 26.4. The van der Waals surface area contributed by atoms with Crippen LogP contribution >= 0.6 is 0 Å². The molecule has 206 valence electrons. The topological polar surface area (TPSA) is 99.3 Å². The second kappa shape index (κ2) is 10.6. The lowest BCUT2D eigenvalue weighted by atomic mass is 9.77. The Morgan fingerprint density at radius 2 is 1.75 bits per heavy atom. The van der Waals surface area contributed by atoms with E-state index >= 15 is 0 Å². The Labute approximate surface area is 231 Å². The number of aromatic nitrogens is 4.